The Labute approximate surface area is 95.7 Å². The van der Waals surface area contributed by atoms with Gasteiger partial charge in [0.1, 0.15) is 0 Å². The molecular formula is C13H19F2N. The van der Waals surface area contributed by atoms with Crippen molar-refractivity contribution in [3.63, 3.8) is 0 Å². The van der Waals surface area contributed by atoms with E-state index in [1.807, 2.05) is 13.8 Å². The van der Waals surface area contributed by atoms with Gasteiger partial charge in [0, 0.05) is 5.56 Å². The molecular weight excluding hydrogens is 208 g/mol. The largest absolute Gasteiger partial charge is 0.320 e. The van der Waals surface area contributed by atoms with Crippen LogP contribution in [0.4, 0.5) is 8.78 Å². The zero-order valence-electron chi connectivity index (χ0n) is 10.5. The highest BCUT2D eigenvalue weighted by atomic mass is 19.3. The van der Waals surface area contributed by atoms with E-state index in [0.717, 1.165) is 11.1 Å². The molecule has 0 aliphatic rings. The molecule has 0 spiro atoms. The van der Waals surface area contributed by atoms with Crippen LogP contribution >= 0.6 is 0 Å². The lowest BCUT2D eigenvalue weighted by atomic mass is 9.86. The van der Waals surface area contributed by atoms with Crippen molar-refractivity contribution in [2.45, 2.75) is 46.1 Å². The maximum absolute atomic E-state index is 14.1. The van der Waals surface area contributed by atoms with Gasteiger partial charge in [0.05, 0.1) is 5.54 Å². The minimum atomic E-state index is -3.02. The third-order valence-electron chi connectivity index (χ3n) is 3.21. The van der Waals surface area contributed by atoms with Crippen molar-refractivity contribution < 1.29 is 8.78 Å². The van der Waals surface area contributed by atoms with E-state index in [1.54, 1.807) is 13.0 Å². The highest BCUT2D eigenvalue weighted by Gasteiger charge is 2.46. The molecule has 90 valence electrons. The molecule has 0 aliphatic carbocycles. The molecule has 0 saturated carbocycles. The van der Waals surface area contributed by atoms with E-state index in [0.29, 0.717) is 5.56 Å². The second-order valence-electron chi connectivity index (χ2n) is 4.98. The van der Waals surface area contributed by atoms with Crippen LogP contribution in [-0.4, -0.2) is 5.54 Å². The standard InChI is InChI=1S/C13H19F2N/c1-8-6-7-11(10(3)9(8)2)13(14,15)12(4,5)16/h6-7H,16H2,1-5H3. The average molecular weight is 227 g/mol. The van der Waals surface area contributed by atoms with Crippen molar-refractivity contribution in [3.8, 4) is 0 Å². The van der Waals surface area contributed by atoms with Gasteiger partial charge in [-0.3, -0.25) is 0 Å². The van der Waals surface area contributed by atoms with Gasteiger partial charge < -0.3 is 5.73 Å². The highest BCUT2D eigenvalue weighted by molar-refractivity contribution is 5.42. The molecule has 0 aliphatic heterocycles. The lowest BCUT2D eigenvalue weighted by Gasteiger charge is -2.32. The number of aryl methyl sites for hydroxylation is 1. The van der Waals surface area contributed by atoms with Crippen LogP contribution in [0.2, 0.25) is 0 Å². The Morgan fingerprint density at radius 1 is 1.00 bits per heavy atom. The summed E-state index contributed by atoms with van der Waals surface area (Å²) in [5.41, 5.74) is 6.58. The molecule has 0 radical (unpaired) electrons. The topological polar surface area (TPSA) is 26.0 Å². The molecule has 1 rings (SSSR count). The molecule has 1 nitrogen and oxygen atoms in total. The van der Waals surface area contributed by atoms with Crippen LogP contribution in [0, 0.1) is 20.8 Å². The van der Waals surface area contributed by atoms with Crippen LogP contribution in [-0.2, 0) is 5.92 Å². The number of nitrogens with two attached hydrogens (primary N) is 1. The molecule has 16 heavy (non-hydrogen) atoms. The van der Waals surface area contributed by atoms with Crippen molar-refractivity contribution in [3.05, 3.63) is 34.4 Å². The van der Waals surface area contributed by atoms with Crippen LogP contribution in [0.5, 0.6) is 0 Å². The van der Waals surface area contributed by atoms with E-state index in [4.69, 9.17) is 5.73 Å². The van der Waals surface area contributed by atoms with Crippen LogP contribution in [0.25, 0.3) is 0 Å². The minimum absolute atomic E-state index is 0.0306. The predicted molar refractivity (Wildman–Crippen MR) is 62.8 cm³/mol. The summed E-state index contributed by atoms with van der Waals surface area (Å²) < 4.78 is 28.2. The van der Waals surface area contributed by atoms with Crippen LogP contribution in [0.1, 0.15) is 36.1 Å². The summed E-state index contributed by atoms with van der Waals surface area (Å²) in [7, 11) is 0. The summed E-state index contributed by atoms with van der Waals surface area (Å²) in [4.78, 5) is 0. The smallest absolute Gasteiger partial charge is 0.290 e. The molecule has 1 aromatic rings. The van der Waals surface area contributed by atoms with E-state index in [1.165, 1.54) is 19.9 Å². The summed E-state index contributed by atoms with van der Waals surface area (Å²) in [6, 6.07) is 3.20. The maximum Gasteiger partial charge on any atom is 0.290 e. The average Bonchev–Trinajstić information content (AvgIpc) is 2.12. The summed E-state index contributed by atoms with van der Waals surface area (Å²) in [6.45, 7) is 8.19. The maximum atomic E-state index is 14.1. The molecule has 2 N–H and O–H groups in total. The van der Waals surface area contributed by atoms with Gasteiger partial charge in [-0.05, 0) is 51.3 Å². The Hall–Kier alpha value is -0.960. The first-order valence-corrected chi connectivity index (χ1v) is 5.33. The number of rotatable bonds is 2. The summed E-state index contributed by atoms with van der Waals surface area (Å²) >= 11 is 0. The van der Waals surface area contributed by atoms with Gasteiger partial charge in [-0.15, -0.1) is 0 Å². The van der Waals surface area contributed by atoms with E-state index < -0.39 is 11.5 Å². The molecule has 3 heteroatoms. The van der Waals surface area contributed by atoms with E-state index in [9.17, 15) is 8.78 Å². The number of alkyl halides is 2. The van der Waals surface area contributed by atoms with Crippen molar-refractivity contribution in [1.82, 2.24) is 0 Å². The first-order valence-electron chi connectivity index (χ1n) is 5.33. The summed E-state index contributed by atoms with van der Waals surface area (Å²) in [6.07, 6.45) is 0. The zero-order chi connectivity index (χ0) is 12.7. The lowest BCUT2D eigenvalue weighted by molar-refractivity contribution is -0.0678. The fourth-order valence-electron chi connectivity index (χ4n) is 1.64. The lowest BCUT2D eigenvalue weighted by Crippen LogP contribution is -2.48. The second kappa shape index (κ2) is 3.81. The molecule has 0 amide bonds. The van der Waals surface area contributed by atoms with Gasteiger partial charge in [-0.1, -0.05) is 12.1 Å². The molecule has 0 bridgehead atoms. The first-order chi connectivity index (χ1) is 7.09. The summed E-state index contributed by atoms with van der Waals surface area (Å²) in [5, 5.41) is 0. The third kappa shape index (κ3) is 1.96. The molecule has 0 unspecified atom stereocenters. The van der Waals surface area contributed by atoms with Gasteiger partial charge in [-0.25, -0.2) is 0 Å². The molecule has 0 heterocycles. The summed E-state index contributed by atoms with van der Waals surface area (Å²) in [5.74, 6) is -3.02. The van der Waals surface area contributed by atoms with Crippen LogP contribution in [0.3, 0.4) is 0 Å². The van der Waals surface area contributed by atoms with E-state index >= 15 is 0 Å². The Morgan fingerprint density at radius 2 is 1.50 bits per heavy atom. The van der Waals surface area contributed by atoms with Crippen molar-refractivity contribution in [1.29, 1.82) is 0 Å². The number of hydrogen-bond acceptors (Lipinski definition) is 1. The Balaban J connectivity index is 3.41. The molecule has 0 saturated heterocycles. The van der Waals surface area contributed by atoms with Gasteiger partial charge in [0.25, 0.3) is 5.92 Å². The van der Waals surface area contributed by atoms with Crippen molar-refractivity contribution in [2.75, 3.05) is 0 Å². The van der Waals surface area contributed by atoms with Crippen molar-refractivity contribution in [2.24, 2.45) is 5.73 Å². The molecule has 0 atom stereocenters. The van der Waals surface area contributed by atoms with E-state index in [-0.39, 0.29) is 5.56 Å². The fourth-order valence-corrected chi connectivity index (χ4v) is 1.64. The minimum Gasteiger partial charge on any atom is -0.320 e. The third-order valence-corrected chi connectivity index (χ3v) is 3.21. The SMILES string of the molecule is Cc1ccc(C(F)(F)C(C)(C)N)c(C)c1C. The number of benzene rings is 1. The quantitative estimate of drug-likeness (QED) is 0.822. The monoisotopic (exact) mass is 227 g/mol. The van der Waals surface area contributed by atoms with Gasteiger partial charge in [0.15, 0.2) is 0 Å². The second-order valence-corrected chi connectivity index (χ2v) is 4.98. The Morgan fingerprint density at radius 3 is 1.94 bits per heavy atom. The van der Waals surface area contributed by atoms with E-state index in [2.05, 4.69) is 0 Å². The fraction of sp³-hybridized carbons (Fsp3) is 0.538. The normalized spacial score (nSPS) is 13.0. The predicted octanol–water partition coefficient (Wildman–Crippen LogP) is 3.44. The highest BCUT2D eigenvalue weighted by Crippen LogP contribution is 2.39. The molecule has 1 aromatic carbocycles. The van der Waals surface area contributed by atoms with Gasteiger partial charge >= 0.3 is 0 Å². The Kier molecular flexibility index (Phi) is 3.12. The first kappa shape index (κ1) is 13.1. The number of hydrogen-bond donors (Lipinski definition) is 1. The number of halogens is 2. The van der Waals surface area contributed by atoms with Crippen LogP contribution in [0.15, 0.2) is 12.1 Å². The Bertz CT molecular complexity index is 403. The molecule has 0 fully saturated rings. The van der Waals surface area contributed by atoms with Crippen LogP contribution < -0.4 is 5.73 Å². The molecule has 0 aromatic heterocycles. The zero-order valence-corrected chi connectivity index (χ0v) is 10.5. The van der Waals surface area contributed by atoms with Gasteiger partial charge in [0.2, 0.25) is 0 Å². The van der Waals surface area contributed by atoms with Crippen molar-refractivity contribution >= 4 is 0 Å². The van der Waals surface area contributed by atoms with Gasteiger partial charge in [-0.2, -0.15) is 8.78 Å².